The maximum absolute atomic E-state index is 12.7. The number of hydrogen-bond donors (Lipinski definition) is 1. The summed E-state index contributed by atoms with van der Waals surface area (Å²) in [4.78, 5) is 12.5. The Morgan fingerprint density at radius 2 is 1.61 bits per heavy atom. The van der Waals surface area contributed by atoms with Crippen LogP contribution in [-0.4, -0.2) is 50.6 Å². The molecule has 0 aliphatic rings. The van der Waals surface area contributed by atoms with Gasteiger partial charge in [-0.2, -0.15) is 0 Å². The molecular formula is C20H24N4O6S. The Kier molecular flexibility index (Phi) is 6.66. The molecule has 0 saturated heterocycles. The van der Waals surface area contributed by atoms with Gasteiger partial charge in [-0.25, -0.2) is 22.6 Å². The van der Waals surface area contributed by atoms with Gasteiger partial charge in [0.05, 0.1) is 27.9 Å². The number of ether oxygens (including phenoxy) is 3. The third kappa shape index (κ3) is 4.72. The van der Waals surface area contributed by atoms with Crippen molar-refractivity contribution in [3.8, 4) is 28.6 Å². The number of aromatic nitrogens is 3. The SMILES string of the molecule is COc1ccc(-c2nn(CCNS(=O)(=O)c3cc(OC)ccc3OC)c(=O)n2C)cc1. The molecule has 1 heterocycles. The molecule has 1 N–H and O–H groups in total. The van der Waals surface area contributed by atoms with Crippen molar-refractivity contribution >= 4 is 10.0 Å². The minimum Gasteiger partial charge on any atom is -0.497 e. The van der Waals surface area contributed by atoms with Gasteiger partial charge in [0.15, 0.2) is 5.82 Å². The third-order valence-corrected chi connectivity index (χ3v) is 6.15. The Morgan fingerprint density at radius 1 is 0.968 bits per heavy atom. The third-order valence-electron chi connectivity index (χ3n) is 4.67. The molecule has 1 aromatic heterocycles. The number of nitrogens with zero attached hydrogens (tertiary/aromatic N) is 3. The van der Waals surface area contributed by atoms with E-state index >= 15 is 0 Å². The van der Waals surface area contributed by atoms with Crippen LogP contribution in [-0.2, 0) is 23.6 Å². The Labute approximate surface area is 180 Å². The molecule has 11 heteroatoms. The first-order valence-corrected chi connectivity index (χ1v) is 10.8. The highest BCUT2D eigenvalue weighted by molar-refractivity contribution is 7.89. The van der Waals surface area contributed by atoms with Crippen LogP contribution in [0.1, 0.15) is 0 Å². The molecule has 0 bridgehead atoms. The standard InChI is InChI=1S/C20H24N4O6S/c1-23-19(14-5-7-15(28-2)8-6-14)22-24(20(23)25)12-11-21-31(26,27)18-13-16(29-3)9-10-17(18)30-4/h5-10,13,21H,11-12H2,1-4H3. The number of nitrogens with one attached hydrogen (secondary N) is 1. The van der Waals surface area contributed by atoms with Gasteiger partial charge in [-0.05, 0) is 36.4 Å². The predicted molar refractivity (Wildman–Crippen MR) is 114 cm³/mol. The molecular weight excluding hydrogens is 424 g/mol. The summed E-state index contributed by atoms with van der Waals surface area (Å²) < 4.78 is 45.9. The summed E-state index contributed by atoms with van der Waals surface area (Å²) in [5.41, 5.74) is 0.379. The Morgan fingerprint density at radius 3 is 2.23 bits per heavy atom. The molecule has 3 aromatic rings. The van der Waals surface area contributed by atoms with E-state index in [9.17, 15) is 13.2 Å². The lowest BCUT2D eigenvalue weighted by atomic mass is 10.2. The second-order valence-corrected chi connectivity index (χ2v) is 8.27. The van der Waals surface area contributed by atoms with E-state index in [4.69, 9.17) is 14.2 Å². The maximum Gasteiger partial charge on any atom is 0.345 e. The molecule has 0 unspecified atom stereocenters. The van der Waals surface area contributed by atoms with E-state index in [2.05, 4.69) is 9.82 Å². The Balaban J connectivity index is 1.77. The molecule has 0 amide bonds. The van der Waals surface area contributed by atoms with Crippen LogP contribution in [0.15, 0.2) is 52.2 Å². The molecule has 0 atom stereocenters. The van der Waals surface area contributed by atoms with E-state index in [1.807, 2.05) is 0 Å². The zero-order valence-electron chi connectivity index (χ0n) is 17.7. The molecule has 0 saturated carbocycles. The van der Waals surface area contributed by atoms with Crippen LogP contribution < -0.4 is 24.6 Å². The number of hydrogen-bond acceptors (Lipinski definition) is 7. The zero-order chi connectivity index (χ0) is 22.6. The summed E-state index contributed by atoms with van der Waals surface area (Å²) in [6.07, 6.45) is 0. The first-order chi connectivity index (χ1) is 14.8. The average Bonchev–Trinajstić information content (AvgIpc) is 3.07. The molecule has 0 aliphatic heterocycles. The topological polar surface area (TPSA) is 114 Å². The second kappa shape index (κ2) is 9.23. The highest BCUT2D eigenvalue weighted by Gasteiger charge is 2.21. The first kappa shape index (κ1) is 22.4. The maximum atomic E-state index is 12.7. The van der Waals surface area contributed by atoms with Crippen molar-refractivity contribution in [2.24, 2.45) is 7.05 Å². The predicted octanol–water partition coefficient (Wildman–Crippen LogP) is 1.25. The van der Waals surface area contributed by atoms with Crippen LogP contribution in [0.2, 0.25) is 0 Å². The van der Waals surface area contributed by atoms with Crippen molar-refractivity contribution in [3.05, 3.63) is 52.9 Å². The Bertz CT molecular complexity index is 1220. The molecule has 0 spiro atoms. The van der Waals surface area contributed by atoms with Crippen molar-refractivity contribution in [2.45, 2.75) is 11.4 Å². The van der Waals surface area contributed by atoms with Gasteiger partial charge in [0.1, 0.15) is 22.1 Å². The molecule has 10 nitrogen and oxygen atoms in total. The van der Waals surface area contributed by atoms with E-state index in [-0.39, 0.29) is 29.4 Å². The largest absolute Gasteiger partial charge is 0.497 e. The van der Waals surface area contributed by atoms with Crippen molar-refractivity contribution in [1.82, 2.24) is 19.1 Å². The molecule has 0 aliphatic carbocycles. The summed E-state index contributed by atoms with van der Waals surface area (Å²) in [6.45, 7) is 0.00993. The quantitative estimate of drug-likeness (QED) is 0.524. The summed E-state index contributed by atoms with van der Waals surface area (Å²) >= 11 is 0. The lowest BCUT2D eigenvalue weighted by Crippen LogP contribution is -2.32. The van der Waals surface area contributed by atoms with Crippen molar-refractivity contribution in [2.75, 3.05) is 27.9 Å². The number of methoxy groups -OCH3 is 3. The van der Waals surface area contributed by atoms with Crippen molar-refractivity contribution in [3.63, 3.8) is 0 Å². The minimum absolute atomic E-state index is 0.0400. The van der Waals surface area contributed by atoms with E-state index < -0.39 is 10.0 Å². The van der Waals surface area contributed by atoms with Gasteiger partial charge < -0.3 is 14.2 Å². The van der Waals surface area contributed by atoms with E-state index in [0.29, 0.717) is 17.3 Å². The van der Waals surface area contributed by atoms with Crippen LogP contribution >= 0.6 is 0 Å². The smallest absolute Gasteiger partial charge is 0.345 e. The fraction of sp³-hybridized carbons (Fsp3) is 0.300. The van der Waals surface area contributed by atoms with Gasteiger partial charge >= 0.3 is 5.69 Å². The zero-order valence-corrected chi connectivity index (χ0v) is 18.5. The van der Waals surface area contributed by atoms with Crippen LogP contribution in [0.3, 0.4) is 0 Å². The minimum atomic E-state index is -3.90. The number of rotatable bonds is 9. The molecule has 166 valence electrons. The highest BCUT2D eigenvalue weighted by atomic mass is 32.2. The molecule has 0 fully saturated rings. The molecule has 0 radical (unpaired) electrons. The van der Waals surface area contributed by atoms with Crippen LogP contribution in [0.5, 0.6) is 17.2 Å². The van der Waals surface area contributed by atoms with Crippen LogP contribution in [0, 0.1) is 0 Å². The first-order valence-electron chi connectivity index (χ1n) is 9.30. The molecule has 2 aromatic carbocycles. The second-order valence-electron chi connectivity index (χ2n) is 6.53. The fourth-order valence-corrected chi connectivity index (χ4v) is 4.19. The van der Waals surface area contributed by atoms with E-state index in [1.165, 1.54) is 35.6 Å². The molecule has 3 rings (SSSR count). The summed E-state index contributed by atoms with van der Waals surface area (Å²) in [5.74, 6) is 1.72. The monoisotopic (exact) mass is 448 g/mol. The number of benzene rings is 2. The van der Waals surface area contributed by atoms with Crippen LogP contribution in [0.4, 0.5) is 0 Å². The van der Waals surface area contributed by atoms with Gasteiger partial charge in [0.2, 0.25) is 10.0 Å². The van der Waals surface area contributed by atoms with E-state index in [1.54, 1.807) is 44.5 Å². The van der Waals surface area contributed by atoms with Crippen LogP contribution in [0.25, 0.3) is 11.4 Å². The highest BCUT2D eigenvalue weighted by Crippen LogP contribution is 2.28. The van der Waals surface area contributed by atoms with E-state index in [0.717, 1.165) is 5.56 Å². The summed E-state index contributed by atoms with van der Waals surface area (Å²) in [5, 5.41) is 4.34. The summed E-state index contributed by atoms with van der Waals surface area (Å²) in [6, 6.07) is 11.6. The molecule has 31 heavy (non-hydrogen) atoms. The van der Waals surface area contributed by atoms with Crippen molar-refractivity contribution < 1.29 is 22.6 Å². The Hall–Kier alpha value is -3.31. The van der Waals surface area contributed by atoms with Crippen molar-refractivity contribution in [1.29, 1.82) is 0 Å². The van der Waals surface area contributed by atoms with Gasteiger partial charge in [-0.1, -0.05) is 0 Å². The summed E-state index contributed by atoms with van der Waals surface area (Å²) in [7, 11) is 2.11. The fourth-order valence-electron chi connectivity index (χ4n) is 2.98. The van der Waals surface area contributed by atoms with Gasteiger partial charge in [0, 0.05) is 25.2 Å². The lowest BCUT2D eigenvalue weighted by Gasteiger charge is -2.12. The van der Waals surface area contributed by atoms with Gasteiger partial charge in [-0.15, -0.1) is 5.10 Å². The lowest BCUT2D eigenvalue weighted by molar-refractivity contribution is 0.392. The van der Waals surface area contributed by atoms with Gasteiger partial charge in [-0.3, -0.25) is 4.57 Å². The number of sulfonamides is 1. The average molecular weight is 449 g/mol. The van der Waals surface area contributed by atoms with Gasteiger partial charge in [0.25, 0.3) is 0 Å². The normalized spacial score (nSPS) is 11.4.